The van der Waals surface area contributed by atoms with Gasteiger partial charge in [0.05, 0.1) is 0 Å². The van der Waals surface area contributed by atoms with Gasteiger partial charge in [-0.05, 0) is 0 Å². The molecule has 4 fully saturated rings. The van der Waals surface area contributed by atoms with E-state index in [2.05, 4.69) is 0 Å². The maximum atomic E-state index is 6.27. The van der Waals surface area contributed by atoms with Gasteiger partial charge in [0.1, 0.15) is 0 Å². The molecule has 6 atom stereocenters. The van der Waals surface area contributed by atoms with Gasteiger partial charge in [-0.1, -0.05) is 0 Å². The Bertz CT molecular complexity index is 163. The van der Waals surface area contributed by atoms with Gasteiger partial charge in [0, 0.05) is 0 Å². The first-order chi connectivity index (χ1) is 5.75. The number of hydrogen-bond acceptors (Lipinski definition) is 1. The number of rotatable bonds is 0. The summed E-state index contributed by atoms with van der Waals surface area (Å²) in [6.45, 7) is 0. The predicted molar refractivity (Wildman–Crippen MR) is 50.4 cm³/mol. The Morgan fingerprint density at radius 1 is 1.00 bits per heavy atom. The van der Waals surface area contributed by atoms with Crippen molar-refractivity contribution in [3.63, 3.8) is 0 Å². The molecule has 4 heteroatoms. The first-order valence-corrected chi connectivity index (χ1v) is 7.20. The van der Waals surface area contributed by atoms with Gasteiger partial charge < -0.3 is 0 Å². The van der Waals surface area contributed by atoms with E-state index in [9.17, 15) is 0 Å². The van der Waals surface area contributed by atoms with Gasteiger partial charge in [-0.2, -0.15) is 0 Å². The fraction of sp³-hybridized carbons (Fsp3) is 1.00. The van der Waals surface area contributed by atoms with E-state index in [-0.39, 0.29) is 0 Å². The second-order valence-corrected chi connectivity index (χ2v) is 7.91. The third-order valence-corrected chi connectivity index (χ3v) is 8.40. The van der Waals surface area contributed by atoms with Crippen LogP contribution in [0.4, 0.5) is 0 Å². The molecule has 6 unspecified atom stereocenters. The van der Waals surface area contributed by atoms with Crippen molar-refractivity contribution < 1.29 is 4.74 Å². The fourth-order valence-electron chi connectivity index (χ4n) is 2.43. The van der Waals surface area contributed by atoms with Gasteiger partial charge in [0.15, 0.2) is 0 Å². The molecule has 4 aliphatic heterocycles. The van der Waals surface area contributed by atoms with Crippen LogP contribution in [0.1, 0.15) is 12.8 Å². The summed E-state index contributed by atoms with van der Waals surface area (Å²) in [4.78, 5) is 1.49. The SMILES string of the molecule is ClC1C2CC3[Se]C1CC(O2)C3Cl. The third kappa shape index (κ3) is 1.02. The molecule has 0 saturated carbocycles. The van der Waals surface area contributed by atoms with Crippen molar-refractivity contribution in [2.45, 2.75) is 45.4 Å². The molecule has 0 aliphatic carbocycles. The van der Waals surface area contributed by atoms with Crippen LogP contribution in [-0.4, -0.2) is 37.9 Å². The molecule has 1 nitrogen and oxygen atoms in total. The summed E-state index contributed by atoms with van der Waals surface area (Å²) in [6.07, 6.45) is 2.89. The summed E-state index contributed by atoms with van der Waals surface area (Å²) in [6, 6.07) is 0. The van der Waals surface area contributed by atoms with Gasteiger partial charge in [-0.15, -0.1) is 0 Å². The van der Waals surface area contributed by atoms with E-state index in [1.54, 1.807) is 0 Å². The van der Waals surface area contributed by atoms with Crippen molar-refractivity contribution in [3.8, 4) is 0 Å². The van der Waals surface area contributed by atoms with Crippen molar-refractivity contribution in [1.82, 2.24) is 0 Å². The molecule has 4 aliphatic rings. The van der Waals surface area contributed by atoms with Crippen LogP contribution in [0.2, 0.25) is 9.63 Å². The average molecular weight is 272 g/mol. The monoisotopic (exact) mass is 272 g/mol. The molecule has 12 heavy (non-hydrogen) atoms. The van der Waals surface area contributed by atoms with Crippen molar-refractivity contribution >= 4 is 38.2 Å². The Hall–Kier alpha value is 1.06. The van der Waals surface area contributed by atoms with Gasteiger partial charge in [-0.25, -0.2) is 0 Å². The van der Waals surface area contributed by atoms with Gasteiger partial charge in [0.25, 0.3) is 0 Å². The van der Waals surface area contributed by atoms with Crippen molar-refractivity contribution in [2.75, 3.05) is 0 Å². The van der Waals surface area contributed by atoms with Crippen molar-refractivity contribution in [1.29, 1.82) is 0 Å². The third-order valence-electron chi connectivity index (χ3n) is 3.05. The maximum absolute atomic E-state index is 6.27. The summed E-state index contributed by atoms with van der Waals surface area (Å²) in [5.74, 6) is 0. The van der Waals surface area contributed by atoms with Crippen LogP contribution < -0.4 is 0 Å². The van der Waals surface area contributed by atoms with Gasteiger partial charge >= 0.3 is 88.3 Å². The molecule has 4 bridgehead atoms. The molecule has 4 saturated heterocycles. The first kappa shape index (κ1) is 8.37. The van der Waals surface area contributed by atoms with Crippen LogP contribution in [0.3, 0.4) is 0 Å². The molecule has 0 aromatic heterocycles. The molecule has 0 spiro atoms. The molecular formula is C8H10Cl2OSe. The quantitative estimate of drug-likeness (QED) is 0.484. The van der Waals surface area contributed by atoms with E-state index in [1.165, 1.54) is 0 Å². The zero-order chi connectivity index (χ0) is 8.29. The van der Waals surface area contributed by atoms with Crippen LogP contribution in [0, 0.1) is 0 Å². The van der Waals surface area contributed by atoms with E-state index in [0.717, 1.165) is 22.5 Å². The molecule has 0 aromatic rings. The number of halogens is 2. The standard InChI is InChI=1S/C8H10Cl2OSe/c9-7-3-1-5-8(10)4(11-3)2-6(7)12-5/h3-8H,1-2H2. The molecule has 0 radical (unpaired) electrons. The van der Waals surface area contributed by atoms with E-state index >= 15 is 0 Å². The Morgan fingerprint density at radius 2 is 1.50 bits per heavy atom. The van der Waals surface area contributed by atoms with Gasteiger partial charge in [-0.3, -0.25) is 0 Å². The Morgan fingerprint density at radius 3 is 1.92 bits per heavy atom. The van der Waals surface area contributed by atoms with Crippen molar-refractivity contribution in [3.05, 3.63) is 0 Å². The number of alkyl halides is 2. The summed E-state index contributed by atoms with van der Waals surface area (Å²) >= 11 is 13.2. The van der Waals surface area contributed by atoms with Crippen molar-refractivity contribution in [2.24, 2.45) is 0 Å². The molecule has 0 amide bonds. The second kappa shape index (κ2) is 2.77. The summed E-state index contributed by atoms with van der Waals surface area (Å²) in [5, 5.41) is 0.586. The zero-order valence-electron chi connectivity index (χ0n) is 6.45. The van der Waals surface area contributed by atoms with Crippen LogP contribution in [-0.2, 0) is 4.74 Å². The Kier molecular flexibility index (Phi) is 1.94. The van der Waals surface area contributed by atoms with E-state index in [1.807, 2.05) is 0 Å². The van der Waals surface area contributed by atoms with E-state index in [4.69, 9.17) is 27.9 Å². The summed E-state index contributed by atoms with van der Waals surface area (Å²) in [5.41, 5.74) is 0. The molecule has 4 heterocycles. The van der Waals surface area contributed by atoms with Crippen LogP contribution in [0.5, 0.6) is 0 Å². The first-order valence-electron chi connectivity index (χ1n) is 4.35. The molecule has 68 valence electrons. The number of hydrogen-bond donors (Lipinski definition) is 0. The minimum atomic E-state index is 0.293. The molecule has 0 N–H and O–H groups in total. The van der Waals surface area contributed by atoms with E-state index < -0.39 is 0 Å². The zero-order valence-corrected chi connectivity index (χ0v) is 9.68. The second-order valence-electron chi connectivity index (χ2n) is 3.79. The van der Waals surface area contributed by atoms with Crippen LogP contribution in [0.15, 0.2) is 0 Å². The Balaban J connectivity index is 1.91. The minimum absolute atomic E-state index is 0.293. The molecule has 4 rings (SSSR count). The summed E-state index contributed by atoms with van der Waals surface area (Å²) in [7, 11) is 0. The van der Waals surface area contributed by atoms with Crippen LogP contribution >= 0.6 is 23.2 Å². The predicted octanol–water partition coefficient (Wildman–Crippen LogP) is 2.06. The number of ether oxygens (including phenoxy) is 1. The Labute approximate surface area is 88.3 Å². The molecular weight excluding hydrogens is 262 g/mol. The van der Waals surface area contributed by atoms with Crippen LogP contribution in [0.25, 0.3) is 0 Å². The normalized spacial score (nSPS) is 62.5. The average Bonchev–Trinajstić information content (AvgIpc) is 2.02. The fourth-order valence-corrected chi connectivity index (χ4v) is 7.15. The molecule has 0 aromatic carbocycles. The topological polar surface area (TPSA) is 9.23 Å². The van der Waals surface area contributed by atoms with Gasteiger partial charge in [0.2, 0.25) is 0 Å². The summed E-state index contributed by atoms with van der Waals surface area (Å²) < 4.78 is 5.79. The van der Waals surface area contributed by atoms with E-state index in [0.29, 0.717) is 37.9 Å².